The normalized spacial score (nSPS) is 38.0. The van der Waals surface area contributed by atoms with Crippen LogP contribution in [-0.2, 0) is 19.1 Å². The Morgan fingerprint density at radius 2 is 1.61 bits per heavy atom. The molecule has 0 aliphatic heterocycles. The van der Waals surface area contributed by atoms with Crippen LogP contribution in [-0.4, -0.2) is 25.2 Å². The fraction of sp³-hybridized carbons (Fsp3) is 0.833. The van der Waals surface area contributed by atoms with E-state index >= 15 is 0 Å². The van der Waals surface area contributed by atoms with Crippen molar-refractivity contribution in [3.63, 3.8) is 0 Å². The maximum Gasteiger partial charge on any atom is 0.311 e. The summed E-state index contributed by atoms with van der Waals surface area (Å²) in [6.07, 6.45) is 9.13. The summed E-state index contributed by atoms with van der Waals surface area (Å²) in [5.74, 6) is 4.29. The Hall–Kier alpha value is -1.32. The Labute approximate surface area is 169 Å². The zero-order chi connectivity index (χ0) is 20.3. The molecule has 156 valence electrons. The maximum absolute atomic E-state index is 12.9. The highest BCUT2D eigenvalue weighted by atomic mass is 16.5. The molecular formula is C24H36O4. The summed E-state index contributed by atoms with van der Waals surface area (Å²) in [6.45, 7) is 10.5. The Kier molecular flexibility index (Phi) is 4.91. The molecule has 0 amide bonds. The average molecular weight is 389 g/mol. The average Bonchev–Trinajstić information content (AvgIpc) is 3.36. The minimum Gasteiger partial charge on any atom is -0.465 e. The van der Waals surface area contributed by atoms with Crippen molar-refractivity contribution in [3.8, 4) is 0 Å². The molecule has 3 saturated carbocycles. The molecule has 4 rings (SSSR count). The molecule has 0 spiro atoms. The first-order valence-corrected chi connectivity index (χ1v) is 11.1. The van der Waals surface area contributed by atoms with Crippen LogP contribution in [0.1, 0.15) is 60.3 Å². The van der Waals surface area contributed by atoms with Crippen LogP contribution >= 0.6 is 0 Å². The summed E-state index contributed by atoms with van der Waals surface area (Å²) >= 11 is 0. The van der Waals surface area contributed by atoms with Crippen molar-refractivity contribution < 1.29 is 19.1 Å². The van der Waals surface area contributed by atoms with Crippen LogP contribution < -0.4 is 0 Å². The Morgan fingerprint density at radius 1 is 0.929 bits per heavy atom. The summed E-state index contributed by atoms with van der Waals surface area (Å²) in [4.78, 5) is 24.8. The zero-order valence-corrected chi connectivity index (χ0v) is 18.1. The lowest BCUT2D eigenvalue weighted by atomic mass is 9.69. The van der Waals surface area contributed by atoms with E-state index in [2.05, 4.69) is 26.0 Å². The number of rotatable bonds is 6. The molecule has 0 aromatic heterocycles. The number of hydrogen-bond donors (Lipinski definition) is 0. The molecule has 4 heteroatoms. The van der Waals surface area contributed by atoms with Gasteiger partial charge in [0.05, 0.1) is 24.5 Å². The molecule has 4 aliphatic carbocycles. The zero-order valence-electron chi connectivity index (χ0n) is 18.1. The number of fused-ring (bicyclic) bond motifs is 9. The van der Waals surface area contributed by atoms with E-state index in [1.807, 2.05) is 20.8 Å². The second-order valence-corrected chi connectivity index (χ2v) is 11.5. The molecule has 0 radical (unpaired) electrons. The van der Waals surface area contributed by atoms with E-state index < -0.39 is 5.41 Å². The fourth-order valence-corrected chi connectivity index (χ4v) is 6.37. The van der Waals surface area contributed by atoms with Crippen molar-refractivity contribution in [2.45, 2.75) is 60.3 Å². The predicted molar refractivity (Wildman–Crippen MR) is 107 cm³/mol. The molecule has 4 aliphatic rings. The second-order valence-electron chi connectivity index (χ2n) is 11.5. The molecule has 28 heavy (non-hydrogen) atoms. The highest BCUT2D eigenvalue weighted by Gasteiger charge is 2.62. The van der Waals surface area contributed by atoms with Crippen LogP contribution in [0.2, 0.25) is 0 Å². The van der Waals surface area contributed by atoms with Crippen molar-refractivity contribution in [1.29, 1.82) is 0 Å². The number of carbonyl (C=O) groups excluding carboxylic acids is 2. The van der Waals surface area contributed by atoms with Crippen molar-refractivity contribution in [1.82, 2.24) is 0 Å². The molecule has 4 bridgehead atoms. The largest absolute Gasteiger partial charge is 0.465 e. The fourth-order valence-electron chi connectivity index (χ4n) is 6.37. The lowest BCUT2D eigenvalue weighted by Crippen LogP contribution is -2.36. The van der Waals surface area contributed by atoms with Gasteiger partial charge >= 0.3 is 11.9 Å². The maximum atomic E-state index is 12.9. The van der Waals surface area contributed by atoms with Crippen LogP contribution in [0, 0.1) is 52.3 Å². The lowest BCUT2D eigenvalue weighted by molar-refractivity contribution is -0.158. The van der Waals surface area contributed by atoms with Crippen LogP contribution in [0.15, 0.2) is 12.2 Å². The van der Waals surface area contributed by atoms with Gasteiger partial charge in [0, 0.05) is 5.41 Å². The molecule has 0 heterocycles. The van der Waals surface area contributed by atoms with Gasteiger partial charge in [-0.1, -0.05) is 26.0 Å². The molecule has 7 atom stereocenters. The highest BCUT2D eigenvalue weighted by molar-refractivity contribution is 5.75. The van der Waals surface area contributed by atoms with Crippen LogP contribution in [0.5, 0.6) is 0 Å². The third-order valence-corrected chi connectivity index (χ3v) is 7.80. The standard InChI is InChI=1S/C24H36O4/c1-23(2,3)22(26)27-9-8-24(4,5)13-28-21(25)18-12-16-11-17(18)20-15-7-6-14(10-15)19(16)20/h6-7,14-20H,8-13H2,1-5H3. The lowest BCUT2D eigenvalue weighted by Gasteiger charge is -2.36. The Morgan fingerprint density at radius 3 is 2.29 bits per heavy atom. The number of ether oxygens (including phenoxy) is 2. The van der Waals surface area contributed by atoms with E-state index in [9.17, 15) is 9.59 Å². The van der Waals surface area contributed by atoms with Crippen molar-refractivity contribution >= 4 is 11.9 Å². The minimum absolute atomic E-state index is 0.0115. The molecule has 0 saturated heterocycles. The predicted octanol–water partition coefficient (Wildman–Crippen LogP) is 4.63. The van der Waals surface area contributed by atoms with Gasteiger partial charge in [0.2, 0.25) is 0 Å². The molecule has 0 N–H and O–H groups in total. The molecule has 0 aromatic rings. The van der Waals surface area contributed by atoms with Gasteiger partial charge in [0.25, 0.3) is 0 Å². The number of esters is 2. The van der Waals surface area contributed by atoms with Crippen LogP contribution in [0.4, 0.5) is 0 Å². The third kappa shape index (κ3) is 3.52. The van der Waals surface area contributed by atoms with Crippen molar-refractivity contribution in [3.05, 3.63) is 12.2 Å². The van der Waals surface area contributed by atoms with Gasteiger partial charge in [-0.3, -0.25) is 9.59 Å². The van der Waals surface area contributed by atoms with E-state index in [1.54, 1.807) is 0 Å². The van der Waals surface area contributed by atoms with E-state index in [4.69, 9.17) is 9.47 Å². The van der Waals surface area contributed by atoms with Gasteiger partial charge in [-0.15, -0.1) is 0 Å². The first-order chi connectivity index (χ1) is 13.1. The molecular weight excluding hydrogens is 352 g/mol. The number of carbonyl (C=O) groups is 2. The SMILES string of the molecule is CC(C)(CCOC(=O)C(C)(C)C)COC(=O)C1CC2CC1C1C3C=CC(C3)C21. The van der Waals surface area contributed by atoms with Crippen LogP contribution in [0.25, 0.3) is 0 Å². The minimum atomic E-state index is -0.481. The molecule has 4 nitrogen and oxygen atoms in total. The summed E-state index contributed by atoms with van der Waals surface area (Å²) in [5, 5.41) is 0. The quantitative estimate of drug-likeness (QED) is 0.378. The first kappa shape index (κ1) is 20.0. The van der Waals surface area contributed by atoms with E-state index in [0.717, 1.165) is 36.0 Å². The van der Waals surface area contributed by atoms with Crippen molar-refractivity contribution in [2.24, 2.45) is 52.3 Å². The van der Waals surface area contributed by atoms with Gasteiger partial charge in [0.1, 0.15) is 0 Å². The number of hydrogen-bond acceptors (Lipinski definition) is 4. The molecule has 3 fully saturated rings. The number of allylic oxidation sites excluding steroid dienone is 2. The van der Waals surface area contributed by atoms with E-state index in [1.165, 1.54) is 12.8 Å². The van der Waals surface area contributed by atoms with E-state index in [-0.39, 0.29) is 23.3 Å². The van der Waals surface area contributed by atoms with Gasteiger partial charge in [-0.25, -0.2) is 0 Å². The topological polar surface area (TPSA) is 52.6 Å². The molecule has 0 aromatic carbocycles. The van der Waals surface area contributed by atoms with E-state index in [0.29, 0.717) is 25.6 Å². The Balaban J connectivity index is 1.25. The third-order valence-electron chi connectivity index (χ3n) is 7.80. The smallest absolute Gasteiger partial charge is 0.311 e. The van der Waals surface area contributed by atoms with Gasteiger partial charge in [-0.2, -0.15) is 0 Å². The summed E-state index contributed by atoms with van der Waals surface area (Å²) in [6, 6.07) is 0. The van der Waals surface area contributed by atoms with Crippen LogP contribution in [0.3, 0.4) is 0 Å². The first-order valence-electron chi connectivity index (χ1n) is 11.1. The van der Waals surface area contributed by atoms with Crippen molar-refractivity contribution in [2.75, 3.05) is 13.2 Å². The highest BCUT2D eigenvalue weighted by Crippen LogP contribution is 2.67. The van der Waals surface area contributed by atoms with Gasteiger partial charge in [0.15, 0.2) is 0 Å². The monoisotopic (exact) mass is 388 g/mol. The second kappa shape index (κ2) is 6.88. The van der Waals surface area contributed by atoms with Gasteiger partial charge in [-0.05, 0) is 82.0 Å². The Bertz CT molecular complexity index is 671. The summed E-state index contributed by atoms with van der Waals surface area (Å²) < 4.78 is 11.2. The van der Waals surface area contributed by atoms with Gasteiger partial charge < -0.3 is 9.47 Å². The summed E-state index contributed by atoms with van der Waals surface area (Å²) in [7, 11) is 0. The molecule has 7 unspecified atom stereocenters. The summed E-state index contributed by atoms with van der Waals surface area (Å²) in [5.41, 5.74) is -0.672.